The van der Waals surface area contributed by atoms with Gasteiger partial charge >= 0.3 is 0 Å². The Bertz CT molecular complexity index is 404. The van der Waals surface area contributed by atoms with Crippen LogP contribution in [0.3, 0.4) is 0 Å². The summed E-state index contributed by atoms with van der Waals surface area (Å²) >= 11 is 0. The molecule has 0 aromatic heterocycles. The summed E-state index contributed by atoms with van der Waals surface area (Å²) in [5.41, 5.74) is 1.51. The first kappa shape index (κ1) is 14.4. The Hall–Kier alpha value is -1.02. The van der Waals surface area contributed by atoms with Crippen LogP contribution < -0.4 is 10.1 Å². The normalized spacial score (nSPS) is 17.3. The minimum atomic E-state index is 0.178. The maximum Gasteiger partial charge on any atom is 0.119 e. The molecule has 2 rings (SSSR count). The summed E-state index contributed by atoms with van der Waals surface area (Å²) in [5.74, 6) is 1.82. The highest BCUT2D eigenvalue weighted by molar-refractivity contribution is 5.32. The molecular formula is C17H27NO. The molecule has 1 aromatic carbocycles. The van der Waals surface area contributed by atoms with E-state index in [1.165, 1.54) is 18.4 Å². The van der Waals surface area contributed by atoms with Crippen LogP contribution in [0, 0.1) is 5.92 Å². The first-order valence-electron chi connectivity index (χ1n) is 7.47. The molecule has 2 nitrogen and oxygen atoms in total. The van der Waals surface area contributed by atoms with Crippen LogP contribution in [0.1, 0.15) is 46.1 Å². The van der Waals surface area contributed by atoms with Crippen LogP contribution in [0.5, 0.6) is 5.75 Å². The number of rotatable bonds is 6. The van der Waals surface area contributed by atoms with Gasteiger partial charge in [-0.25, -0.2) is 0 Å². The zero-order chi connectivity index (χ0) is 13.9. The van der Waals surface area contributed by atoms with Gasteiger partial charge < -0.3 is 10.1 Å². The second-order valence-corrected chi connectivity index (χ2v) is 6.59. The average molecular weight is 261 g/mol. The van der Waals surface area contributed by atoms with Crippen LogP contribution in [-0.4, -0.2) is 19.2 Å². The first-order chi connectivity index (χ1) is 9.00. The zero-order valence-corrected chi connectivity index (χ0v) is 12.7. The average Bonchev–Trinajstić information content (AvgIpc) is 3.18. The SMILES string of the molecule is CCNC(COc1cccc(C(C)(C)C)c1)C1CC1. The van der Waals surface area contributed by atoms with E-state index in [2.05, 4.69) is 57.3 Å². The quantitative estimate of drug-likeness (QED) is 0.842. The highest BCUT2D eigenvalue weighted by atomic mass is 16.5. The second-order valence-electron chi connectivity index (χ2n) is 6.59. The molecule has 1 unspecified atom stereocenters. The fourth-order valence-corrected chi connectivity index (χ4v) is 2.36. The first-order valence-corrected chi connectivity index (χ1v) is 7.47. The lowest BCUT2D eigenvalue weighted by atomic mass is 9.87. The van der Waals surface area contributed by atoms with Gasteiger partial charge in [-0.05, 0) is 48.4 Å². The number of hydrogen-bond acceptors (Lipinski definition) is 2. The van der Waals surface area contributed by atoms with E-state index in [0.717, 1.165) is 24.8 Å². The van der Waals surface area contributed by atoms with Crippen LogP contribution in [0.25, 0.3) is 0 Å². The van der Waals surface area contributed by atoms with Crippen molar-refractivity contribution in [3.8, 4) is 5.75 Å². The van der Waals surface area contributed by atoms with E-state index in [1.54, 1.807) is 0 Å². The van der Waals surface area contributed by atoms with Gasteiger partial charge in [0.2, 0.25) is 0 Å². The molecule has 0 radical (unpaired) electrons. The second kappa shape index (κ2) is 5.96. The predicted octanol–water partition coefficient (Wildman–Crippen LogP) is 3.75. The van der Waals surface area contributed by atoms with Crippen molar-refractivity contribution in [2.75, 3.05) is 13.2 Å². The molecule has 0 amide bonds. The Balaban J connectivity index is 1.95. The molecule has 0 heterocycles. The molecule has 1 aliphatic carbocycles. The molecule has 1 N–H and O–H groups in total. The molecular weight excluding hydrogens is 234 g/mol. The lowest BCUT2D eigenvalue weighted by Crippen LogP contribution is -2.36. The fraction of sp³-hybridized carbons (Fsp3) is 0.647. The van der Waals surface area contributed by atoms with Crippen molar-refractivity contribution in [3.05, 3.63) is 29.8 Å². The number of likely N-dealkylation sites (N-methyl/N-ethyl adjacent to an activating group) is 1. The maximum absolute atomic E-state index is 6.00. The molecule has 0 saturated heterocycles. The lowest BCUT2D eigenvalue weighted by molar-refractivity contribution is 0.250. The Labute approximate surface area is 117 Å². The molecule has 19 heavy (non-hydrogen) atoms. The number of ether oxygens (including phenoxy) is 1. The molecule has 1 aliphatic rings. The summed E-state index contributed by atoms with van der Waals surface area (Å²) in [5, 5.41) is 3.53. The standard InChI is InChI=1S/C17H27NO/c1-5-18-16(13-9-10-13)12-19-15-8-6-7-14(11-15)17(2,3)4/h6-8,11,13,16,18H,5,9-10,12H2,1-4H3. The number of nitrogens with one attached hydrogen (secondary N) is 1. The molecule has 1 fully saturated rings. The minimum absolute atomic E-state index is 0.178. The molecule has 0 aliphatic heterocycles. The molecule has 0 spiro atoms. The van der Waals surface area contributed by atoms with Gasteiger partial charge in [-0.15, -0.1) is 0 Å². The third-order valence-corrected chi connectivity index (χ3v) is 3.79. The lowest BCUT2D eigenvalue weighted by Gasteiger charge is -2.21. The monoisotopic (exact) mass is 261 g/mol. The van der Waals surface area contributed by atoms with Crippen molar-refractivity contribution in [3.63, 3.8) is 0 Å². The largest absolute Gasteiger partial charge is 0.492 e. The Morgan fingerprint density at radius 2 is 2.05 bits per heavy atom. The topological polar surface area (TPSA) is 21.3 Å². The van der Waals surface area contributed by atoms with Gasteiger partial charge in [0.25, 0.3) is 0 Å². The van der Waals surface area contributed by atoms with Gasteiger partial charge in [-0.2, -0.15) is 0 Å². The van der Waals surface area contributed by atoms with Crippen molar-refractivity contribution in [2.24, 2.45) is 5.92 Å². The maximum atomic E-state index is 6.00. The van der Waals surface area contributed by atoms with Gasteiger partial charge in [0.05, 0.1) is 0 Å². The molecule has 2 heteroatoms. The van der Waals surface area contributed by atoms with E-state index >= 15 is 0 Å². The molecule has 1 saturated carbocycles. The van der Waals surface area contributed by atoms with Crippen molar-refractivity contribution < 1.29 is 4.74 Å². The number of hydrogen-bond donors (Lipinski definition) is 1. The Morgan fingerprint density at radius 1 is 1.32 bits per heavy atom. The van der Waals surface area contributed by atoms with Crippen LogP contribution >= 0.6 is 0 Å². The van der Waals surface area contributed by atoms with Gasteiger partial charge in [-0.1, -0.05) is 39.8 Å². The van der Waals surface area contributed by atoms with Crippen molar-refractivity contribution in [2.45, 2.75) is 52.0 Å². The summed E-state index contributed by atoms with van der Waals surface area (Å²) in [6, 6.07) is 9.02. The summed E-state index contributed by atoms with van der Waals surface area (Å²) in [7, 11) is 0. The van der Waals surface area contributed by atoms with E-state index in [0.29, 0.717) is 6.04 Å². The summed E-state index contributed by atoms with van der Waals surface area (Å²) in [4.78, 5) is 0. The smallest absolute Gasteiger partial charge is 0.119 e. The molecule has 1 aromatic rings. The van der Waals surface area contributed by atoms with E-state index < -0.39 is 0 Å². The third kappa shape index (κ3) is 4.24. The summed E-state index contributed by atoms with van der Waals surface area (Å²) < 4.78 is 6.00. The summed E-state index contributed by atoms with van der Waals surface area (Å²) in [6.45, 7) is 10.7. The predicted molar refractivity (Wildman–Crippen MR) is 80.8 cm³/mol. The van der Waals surface area contributed by atoms with Crippen LogP contribution in [0.2, 0.25) is 0 Å². The van der Waals surface area contributed by atoms with Crippen LogP contribution in [0.15, 0.2) is 24.3 Å². The number of benzene rings is 1. The highest BCUT2D eigenvalue weighted by Crippen LogP contribution is 2.33. The molecule has 106 valence electrons. The zero-order valence-electron chi connectivity index (χ0n) is 12.7. The fourth-order valence-electron chi connectivity index (χ4n) is 2.36. The third-order valence-electron chi connectivity index (χ3n) is 3.79. The summed E-state index contributed by atoms with van der Waals surface area (Å²) in [6.07, 6.45) is 2.70. The van der Waals surface area contributed by atoms with E-state index in [-0.39, 0.29) is 5.41 Å². The van der Waals surface area contributed by atoms with Gasteiger partial charge in [0, 0.05) is 6.04 Å². The van der Waals surface area contributed by atoms with Crippen LogP contribution in [0.4, 0.5) is 0 Å². The van der Waals surface area contributed by atoms with Gasteiger partial charge in [-0.3, -0.25) is 0 Å². The van der Waals surface area contributed by atoms with Crippen LogP contribution in [-0.2, 0) is 5.41 Å². The Morgan fingerprint density at radius 3 is 2.63 bits per heavy atom. The van der Waals surface area contributed by atoms with Crippen molar-refractivity contribution in [1.82, 2.24) is 5.32 Å². The van der Waals surface area contributed by atoms with E-state index in [1.807, 2.05) is 0 Å². The van der Waals surface area contributed by atoms with E-state index in [9.17, 15) is 0 Å². The minimum Gasteiger partial charge on any atom is -0.492 e. The van der Waals surface area contributed by atoms with E-state index in [4.69, 9.17) is 4.74 Å². The highest BCUT2D eigenvalue weighted by Gasteiger charge is 2.31. The van der Waals surface area contributed by atoms with Crippen molar-refractivity contribution in [1.29, 1.82) is 0 Å². The molecule has 1 atom stereocenters. The van der Waals surface area contributed by atoms with Gasteiger partial charge in [0.15, 0.2) is 0 Å². The molecule has 0 bridgehead atoms. The Kier molecular flexibility index (Phi) is 4.51. The van der Waals surface area contributed by atoms with Gasteiger partial charge in [0.1, 0.15) is 12.4 Å². The van der Waals surface area contributed by atoms with Crippen molar-refractivity contribution >= 4 is 0 Å².